The van der Waals surface area contributed by atoms with E-state index in [9.17, 15) is 4.79 Å². The number of quaternary nitrogens is 1. The second kappa shape index (κ2) is 9.73. The van der Waals surface area contributed by atoms with Crippen LogP contribution in [0.5, 0.6) is 11.5 Å². The minimum Gasteiger partial charge on any atom is -0.493 e. The second-order valence-electron chi connectivity index (χ2n) is 6.64. The van der Waals surface area contributed by atoms with Crippen LogP contribution in [0.1, 0.15) is 17.7 Å². The van der Waals surface area contributed by atoms with Crippen LogP contribution in [0.4, 0.5) is 5.69 Å². The zero-order valence-corrected chi connectivity index (χ0v) is 16.6. The number of anilines is 1. The van der Waals surface area contributed by atoms with Crippen molar-refractivity contribution in [1.29, 1.82) is 0 Å². The number of carbonyl (C=O) groups is 1. The number of benzene rings is 1. The summed E-state index contributed by atoms with van der Waals surface area (Å²) < 4.78 is 16.3. The van der Waals surface area contributed by atoms with Gasteiger partial charge in [-0.3, -0.25) is 4.79 Å². The predicted octanol–water partition coefficient (Wildman–Crippen LogP) is 1.97. The first kappa shape index (κ1) is 19.7. The SMILES string of the molecule is COc1ccc(NC(=O)C[NH+](Cc2cccs2)C[C@@H]2CCCO2)cc1OC. The number of carbonyl (C=O) groups excluding carboxylic acids is 1. The third-order valence-corrected chi connectivity index (χ3v) is 5.50. The maximum atomic E-state index is 12.6. The fourth-order valence-electron chi connectivity index (χ4n) is 3.34. The number of thiophene rings is 1. The summed E-state index contributed by atoms with van der Waals surface area (Å²) in [5, 5.41) is 5.04. The van der Waals surface area contributed by atoms with Crippen molar-refractivity contribution >= 4 is 22.9 Å². The van der Waals surface area contributed by atoms with Crippen LogP contribution in [0.3, 0.4) is 0 Å². The Labute approximate surface area is 164 Å². The Morgan fingerprint density at radius 2 is 2.15 bits per heavy atom. The van der Waals surface area contributed by atoms with Crippen LogP contribution in [0.2, 0.25) is 0 Å². The summed E-state index contributed by atoms with van der Waals surface area (Å²) in [5.41, 5.74) is 0.699. The van der Waals surface area contributed by atoms with Crippen molar-refractivity contribution in [3.63, 3.8) is 0 Å². The Balaban J connectivity index is 1.62. The number of rotatable bonds is 9. The number of ether oxygens (including phenoxy) is 3. The summed E-state index contributed by atoms with van der Waals surface area (Å²) in [5.74, 6) is 1.21. The topological polar surface area (TPSA) is 61.2 Å². The van der Waals surface area contributed by atoms with E-state index in [4.69, 9.17) is 14.2 Å². The lowest BCUT2D eigenvalue weighted by molar-refractivity contribution is -0.908. The largest absolute Gasteiger partial charge is 0.493 e. The van der Waals surface area contributed by atoms with Crippen LogP contribution in [0, 0.1) is 0 Å². The van der Waals surface area contributed by atoms with Crippen molar-refractivity contribution in [2.75, 3.05) is 39.2 Å². The third-order valence-electron chi connectivity index (χ3n) is 4.62. The Kier molecular flexibility index (Phi) is 7.09. The first-order chi connectivity index (χ1) is 13.2. The summed E-state index contributed by atoms with van der Waals surface area (Å²) in [6.07, 6.45) is 2.42. The minimum absolute atomic E-state index is 0.0215. The molecular formula is C20H27N2O4S+. The van der Waals surface area contributed by atoms with Crippen molar-refractivity contribution in [2.24, 2.45) is 0 Å². The molecule has 1 saturated heterocycles. The summed E-state index contributed by atoms with van der Waals surface area (Å²) in [7, 11) is 3.17. The lowest BCUT2D eigenvalue weighted by Crippen LogP contribution is -3.12. The quantitative estimate of drug-likeness (QED) is 0.686. The van der Waals surface area contributed by atoms with Crippen molar-refractivity contribution < 1.29 is 23.9 Å². The van der Waals surface area contributed by atoms with Gasteiger partial charge in [0.05, 0.1) is 19.1 Å². The molecule has 2 N–H and O–H groups in total. The summed E-state index contributed by atoms with van der Waals surface area (Å²) in [6, 6.07) is 9.55. The van der Waals surface area contributed by atoms with Crippen LogP contribution in [-0.4, -0.2) is 45.9 Å². The highest BCUT2D eigenvalue weighted by Crippen LogP contribution is 2.29. The van der Waals surface area contributed by atoms with E-state index in [0.29, 0.717) is 23.7 Å². The van der Waals surface area contributed by atoms with E-state index < -0.39 is 0 Å². The molecule has 3 rings (SSSR count). The number of amides is 1. The number of hydrogen-bond donors (Lipinski definition) is 2. The molecule has 1 amide bonds. The van der Waals surface area contributed by atoms with Gasteiger partial charge in [-0.25, -0.2) is 0 Å². The molecule has 6 nitrogen and oxygen atoms in total. The molecular weight excluding hydrogens is 364 g/mol. The fraction of sp³-hybridized carbons (Fsp3) is 0.450. The molecule has 0 spiro atoms. The Morgan fingerprint density at radius 3 is 2.81 bits per heavy atom. The Hall–Kier alpha value is -2.09. The number of nitrogens with one attached hydrogen (secondary N) is 2. The molecule has 2 heterocycles. The Bertz CT molecular complexity index is 730. The molecule has 2 aromatic rings. The lowest BCUT2D eigenvalue weighted by atomic mass is 10.2. The van der Waals surface area contributed by atoms with E-state index >= 15 is 0 Å². The van der Waals surface area contributed by atoms with E-state index in [-0.39, 0.29) is 12.0 Å². The molecule has 1 aromatic carbocycles. The van der Waals surface area contributed by atoms with Gasteiger partial charge < -0.3 is 24.4 Å². The van der Waals surface area contributed by atoms with Gasteiger partial charge in [0, 0.05) is 18.4 Å². The maximum absolute atomic E-state index is 12.6. The normalized spacial score (nSPS) is 17.5. The Morgan fingerprint density at radius 1 is 1.30 bits per heavy atom. The van der Waals surface area contributed by atoms with Gasteiger partial charge in [0.15, 0.2) is 18.0 Å². The molecule has 0 saturated carbocycles. The molecule has 1 unspecified atom stereocenters. The maximum Gasteiger partial charge on any atom is 0.279 e. The molecule has 0 bridgehead atoms. The van der Waals surface area contributed by atoms with Gasteiger partial charge in [-0.1, -0.05) is 6.07 Å². The monoisotopic (exact) mass is 391 g/mol. The van der Waals surface area contributed by atoms with Crippen molar-refractivity contribution in [2.45, 2.75) is 25.5 Å². The van der Waals surface area contributed by atoms with Crippen LogP contribution < -0.4 is 19.7 Å². The number of methoxy groups -OCH3 is 2. The molecule has 0 aliphatic carbocycles. The zero-order valence-electron chi connectivity index (χ0n) is 15.8. The summed E-state index contributed by atoms with van der Waals surface area (Å²) >= 11 is 1.73. The summed E-state index contributed by atoms with van der Waals surface area (Å²) in [4.78, 5) is 15.1. The third kappa shape index (κ3) is 5.69. The highest BCUT2D eigenvalue weighted by molar-refractivity contribution is 7.09. The van der Waals surface area contributed by atoms with Crippen LogP contribution >= 0.6 is 11.3 Å². The van der Waals surface area contributed by atoms with Crippen molar-refractivity contribution in [3.05, 3.63) is 40.6 Å². The highest BCUT2D eigenvalue weighted by atomic mass is 32.1. The second-order valence-corrected chi connectivity index (χ2v) is 7.67. The van der Waals surface area contributed by atoms with Gasteiger partial charge in [0.1, 0.15) is 19.2 Å². The summed E-state index contributed by atoms with van der Waals surface area (Å²) in [6.45, 7) is 2.90. The van der Waals surface area contributed by atoms with Gasteiger partial charge in [-0.2, -0.15) is 0 Å². The van der Waals surface area contributed by atoms with E-state index in [1.165, 1.54) is 9.78 Å². The van der Waals surface area contributed by atoms with Gasteiger partial charge in [0.25, 0.3) is 5.91 Å². The average Bonchev–Trinajstić information content (AvgIpc) is 3.35. The predicted molar refractivity (Wildman–Crippen MR) is 106 cm³/mol. The van der Waals surface area contributed by atoms with Crippen LogP contribution in [-0.2, 0) is 16.1 Å². The zero-order chi connectivity index (χ0) is 19.1. The van der Waals surface area contributed by atoms with Gasteiger partial charge in [-0.05, 0) is 36.4 Å². The molecule has 0 radical (unpaired) electrons. The molecule has 1 aliphatic rings. The first-order valence-corrected chi connectivity index (χ1v) is 10.1. The van der Waals surface area contributed by atoms with Crippen LogP contribution in [0.25, 0.3) is 0 Å². The molecule has 2 atom stereocenters. The van der Waals surface area contributed by atoms with Gasteiger partial charge >= 0.3 is 0 Å². The smallest absolute Gasteiger partial charge is 0.279 e. The highest BCUT2D eigenvalue weighted by Gasteiger charge is 2.24. The molecule has 146 valence electrons. The minimum atomic E-state index is -0.0215. The van der Waals surface area contributed by atoms with Crippen molar-refractivity contribution in [1.82, 2.24) is 0 Å². The van der Waals surface area contributed by atoms with E-state index in [2.05, 4.69) is 16.8 Å². The standard InChI is InChI=1S/C20H26N2O4S/c1-24-18-8-7-15(11-19(18)25-2)21-20(23)14-22(12-16-5-3-9-26-16)13-17-6-4-10-27-17/h4,6-8,10-11,16H,3,5,9,12-14H2,1-2H3,(H,21,23)/p+1/t16-/m0/s1. The van der Waals surface area contributed by atoms with Gasteiger partial charge in [-0.15, -0.1) is 11.3 Å². The molecule has 1 aromatic heterocycles. The molecule has 1 fully saturated rings. The first-order valence-electron chi connectivity index (χ1n) is 9.17. The van der Waals surface area contributed by atoms with Crippen LogP contribution in [0.15, 0.2) is 35.7 Å². The molecule has 7 heteroatoms. The van der Waals surface area contributed by atoms with Crippen molar-refractivity contribution in [3.8, 4) is 11.5 Å². The molecule has 1 aliphatic heterocycles. The van der Waals surface area contributed by atoms with Gasteiger partial charge in [0.2, 0.25) is 0 Å². The fourth-order valence-corrected chi connectivity index (χ4v) is 4.12. The number of hydrogen-bond acceptors (Lipinski definition) is 5. The van der Waals surface area contributed by atoms with E-state index in [1.807, 2.05) is 12.1 Å². The van der Waals surface area contributed by atoms with E-state index in [0.717, 1.165) is 32.5 Å². The molecule has 27 heavy (non-hydrogen) atoms. The average molecular weight is 392 g/mol. The van der Waals surface area contributed by atoms with E-state index in [1.54, 1.807) is 37.7 Å². The lowest BCUT2D eigenvalue weighted by Gasteiger charge is -2.21.